The van der Waals surface area contributed by atoms with Crippen LogP contribution >= 0.6 is 0 Å². The Morgan fingerprint density at radius 1 is 0.829 bits per heavy atom. The highest BCUT2D eigenvalue weighted by Crippen LogP contribution is 2.30. The summed E-state index contributed by atoms with van der Waals surface area (Å²) >= 11 is 0. The lowest BCUT2D eigenvalue weighted by Gasteiger charge is -2.30. The van der Waals surface area contributed by atoms with Gasteiger partial charge in [-0.05, 0) is 67.6 Å². The molecule has 0 unspecified atom stereocenters. The lowest BCUT2D eigenvalue weighted by atomic mass is 9.97. The van der Waals surface area contributed by atoms with Gasteiger partial charge in [-0.1, -0.05) is 17.3 Å². The molecule has 2 saturated heterocycles. The fourth-order valence-electron chi connectivity index (χ4n) is 5.33. The molecule has 0 radical (unpaired) electrons. The van der Waals surface area contributed by atoms with Crippen molar-refractivity contribution >= 4 is 31.2 Å². The van der Waals surface area contributed by atoms with E-state index in [9.17, 15) is 26.0 Å². The van der Waals surface area contributed by atoms with Crippen LogP contribution in [0.25, 0.3) is 11.2 Å². The van der Waals surface area contributed by atoms with E-state index in [2.05, 4.69) is 20.3 Å². The number of aromatic nitrogens is 5. The van der Waals surface area contributed by atoms with Crippen LogP contribution < -0.4 is 5.56 Å². The molecular weight excluding hydrogens is 573 g/mol. The van der Waals surface area contributed by atoms with Gasteiger partial charge in [0.25, 0.3) is 5.56 Å². The average molecular weight is 602 g/mol. The molecule has 2 aliphatic rings. The topological polar surface area (TPSA) is 151 Å². The number of sulfonamides is 2. The van der Waals surface area contributed by atoms with Gasteiger partial charge >= 0.3 is 0 Å². The van der Waals surface area contributed by atoms with E-state index in [4.69, 9.17) is 0 Å². The van der Waals surface area contributed by atoms with Gasteiger partial charge in [0.15, 0.2) is 11.2 Å². The van der Waals surface area contributed by atoms with E-state index < -0.39 is 25.6 Å². The molecule has 0 saturated carbocycles. The van der Waals surface area contributed by atoms with Crippen LogP contribution in [0.1, 0.15) is 43.0 Å². The normalized spacial score (nSPS) is 17.9. The molecule has 0 amide bonds. The number of fused-ring (bicyclic) bond motifs is 1. The van der Waals surface area contributed by atoms with E-state index in [1.54, 1.807) is 12.1 Å². The Bertz CT molecular complexity index is 1840. The molecule has 2 fully saturated rings. The SMILES string of the molecule is O=c1[nH]c(C2CCN(S(=O)(=O)c3ccc(S(=O)(=O)N4CCCC4)cc3)CC2)nc2c1nnn2Cc1ccc(F)cc1. The third-order valence-electron chi connectivity index (χ3n) is 7.64. The van der Waals surface area contributed by atoms with Crippen LogP contribution in [0.15, 0.2) is 63.1 Å². The Morgan fingerprint density at radius 3 is 1.98 bits per heavy atom. The maximum absolute atomic E-state index is 13.3. The number of halogens is 1. The number of aromatic amines is 1. The van der Waals surface area contributed by atoms with Crippen LogP contribution in [-0.2, 0) is 26.6 Å². The zero-order valence-corrected chi connectivity index (χ0v) is 23.6. The lowest BCUT2D eigenvalue weighted by Crippen LogP contribution is -2.38. The third kappa shape index (κ3) is 5.29. The number of hydrogen-bond acceptors (Lipinski definition) is 8. The van der Waals surface area contributed by atoms with E-state index in [1.165, 1.54) is 49.7 Å². The van der Waals surface area contributed by atoms with Gasteiger partial charge in [-0.25, -0.2) is 30.9 Å². The first-order valence-electron chi connectivity index (χ1n) is 13.3. The molecule has 4 heterocycles. The number of nitrogens with one attached hydrogen (secondary N) is 1. The van der Waals surface area contributed by atoms with Crippen molar-refractivity contribution in [2.24, 2.45) is 0 Å². The van der Waals surface area contributed by atoms with Crippen LogP contribution in [0.5, 0.6) is 0 Å². The fraction of sp³-hybridized carbons (Fsp3) is 0.385. The molecule has 4 aromatic rings. The Labute approximate surface area is 235 Å². The molecule has 12 nitrogen and oxygen atoms in total. The van der Waals surface area contributed by atoms with Crippen LogP contribution in [0.2, 0.25) is 0 Å². The van der Waals surface area contributed by atoms with E-state index in [1.807, 2.05) is 0 Å². The van der Waals surface area contributed by atoms with Crippen molar-refractivity contribution < 1.29 is 21.2 Å². The van der Waals surface area contributed by atoms with Crippen LogP contribution in [0.4, 0.5) is 4.39 Å². The molecule has 0 bridgehead atoms. The molecule has 6 rings (SSSR count). The van der Waals surface area contributed by atoms with Crippen molar-refractivity contribution in [3.8, 4) is 0 Å². The number of benzene rings is 2. The summed E-state index contributed by atoms with van der Waals surface area (Å²) in [7, 11) is -7.48. The molecule has 0 spiro atoms. The van der Waals surface area contributed by atoms with Crippen molar-refractivity contribution in [3.63, 3.8) is 0 Å². The summed E-state index contributed by atoms with van der Waals surface area (Å²) < 4.78 is 69.8. The van der Waals surface area contributed by atoms with Gasteiger partial charge in [0.2, 0.25) is 20.0 Å². The summed E-state index contributed by atoms with van der Waals surface area (Å²) in [6.07, 6.45) is 2.48. The van der Waals surface area contributed by atoms with Gasteiger partial charge in [-0.15, -0.1) is 5.10 Å². The fourth-order valence-corrected chi connectivity index (χ4v) is 8.31. The predicted octanol–water partition coefficient (Wildman–Crippen LogP) is 2.05. The first-order valence-corrected chi connectivity index (χ1v) is 16.2. The summed E-state index contributed by atoms with van der Waals surface area (Å²) in [5, 5.41) is 7.99. The van der Waals surface area contributed by atoms with Crippen molar-refractivity contribution in [1.82, 2.24) is 33.6 Å². The molecule has 0 atom stereocenters. The number of piperidine rings is 1. The lowest BCUT2D eigenvalue weighted by molar-refractivity contribution is 0.313. The first-order chi connectivity index (χ1) is 19.6. The minimum Gasteiger partial charge on any atom is -0.308 e. The van der Waals surface area contributed by atoms with Gasteiger partial charge in [0.05, 0.1) is 16.3 Å². The highest BCUT2D eigenvalue weighted by atomic mass is 32.2. The maximum Gasteiger partial charge on any atom is 0.281 e. The zero-order valence-electron chi connectivity index (χ0n) is 22.0. The van der Waals surface area contributed by atoms with Crippen molar-refractivity contribution in [1.29, 1.82) is 0 Å². The second kappa shape index (κ2) is 10.7. The molecule has 216 valence electrons. The summed E-state index contributed by atoms with van der Waals surface area (Å²) in [5.41, 5.74) is 0.717. The van der Waals surface area contributed by atoms with Gasteiger partial charge < -0.3 is 4.98 Å². The smallest absolute Gasteiger partial charge is 0.281 e. The summed E-state index contributed by atoms with van der Waals surface area (Å²) in [5.74, 6) is -0.121. The predicted molar refractivity (Wildman–Crippen MR) is 147 cm³/mol. The van der Waals surface area contributed by atoms with E-state index in [-0.39, 0.29) is 46.7 Å². The Kier molecular flexibility index (Phi) is 7.21. The monoisotopic (exact) mass is 601 g/mol. The molecule has 1 N–H and O–H groups in total. The van der Waals surface area contributed by atoms with Crippen LogP contribution in [0.3, 0.4) is 0 Å². The van der Waals surface area contributed by atoms with Crippen molar-refractivity contribution in [3.05, 3.63) is 76.1 Å². The molecule has 2 aromatic carbocycles. The largest absolute Gasteiger partial charge is 0.308 e. The summed E-state index contributed by atoms with van der Waals surface area (Å²) in [6.45, 7) is 1.60. The summed E-state index contributed by atoms with van der Waals surface area (Å²) in [4.78, 5) is 20.2. The van der Waals surface area contributed by atoms with Gasteiger partial charge in [-0.2, -0.15) is 8.61 Å². The third-order valence-corrected chi connectivity index (χ3v) is 11.5. The van der Waals surface area contributed by atoms with Crippen LogP contribution in [-0.4, -0.2) is 76.6 Å². The molecule has 15 heteroatoms. The number of nitrogens with zero attached hydrogens (tertiary/aromatic N) is 6. The van der Waals surface area contributed by atoms with Gasteiger partial charge in [-0.3, -0.25) is 4.79 Å². The minimum absolute atomic E-state index is 0.0278. The highest BCUT2D eigenvalue weighted by Gasteiger charge is 2.32. The van der Waals surface area contributed by atoms with E-state index in [0.717, 1.165) is 18.4 Å². The number of rotatable bonds is 7. The maximum atomic E-state index is 13.3. The first kappa shape index (κ1) is 27.6. The molecule has 41 heavy (non-hydrogen) atoms. The van der Waals surface area contributed by atoms with E-state index in [0.29, 0.717) is 37.4 Å². The Balaban J connectivity index is 1.17. The van der Waals surface area contributed by atoms with Crippen LogP contribution in [0, 0.1) is 5.82 Å². The van der Waals surface area contributed by atoms with Gasteiger partial charge in [0.1, 0.15) is 11.6 Å². The molecule has 0 aliphatic carbocycles. The van der Waals surface area contributed by atoms with E-state index >= 15 is 0 Å². The number of hydrogen-bond donors (Lipinski definition) is 1. The number of H-pyrrole nitrogens is 1. The Morgan fingerprint density at radius 2 is 1.39 bits per heavy atom. The summed E-state index contributed by atoms with van der Waals surface area (Å²) in [6, 6.07) is 11.3. The molecule has 2 aromatic heterocycles. The van der Waals surface area contributed by atoms with Gasteiger partial charge in [0, 0.05) is 32.1 Å². The second-order valence-electron chi connectivity index (χ2n) is 10.3. The van der Waals surface area contributed by atoms with Crippen molar-refractivity contribution in [2.45, 2.75) is 47.9 Å². The Hall–Kier alpha value is -3.53. The zero-order chi connectivity index (χ0) is 28.8. The quantitative estimate of drug-likeness (QED) is 0.338. The molecule has 2 aliphatic heterocycles. The average Bonchev–Trinajstić information content (AvgIpc) is 3.66. The standard InChI is InChI=1S/C26H28FN7O5S2/c27-20-5-3-18(4-6-20)17-34-25-23(30-31-34)26(35)29-24(28-25)19-11-15-33(16-12-19)41(38,39)22-9-7-21(8-10-22)40(36,37)32-13-1-2-14-32/h3-10,19H,1-2,11-17H2,(H,28,29,35). The minimum atomic E-state index is -3.85. The van der Waals surface area contributed by atoms with Crippen molar-refractivity contribution in [2.75, 3.05) is 26.2 Å². The second-order valence-corrected chi connectivity index (χ2v) is 14.1. The highest BCUT2D eigenvalue weighted by molar-refractivity contribution is 7.89. The molecular formula is C26H28FN7O5S2.